The first-order valence-corrected chi connectivity index (χ1v) is 17.5. The van der Waals surface area contributed by atoms with Crippen molar-refractivity contribution in [1.82, 2.24) is 14.8 Å². The molecule has 1 aliphatic heterocycles. The second kappa shape index (κ2) is 17.4. The normalized spacial score (nSPS) is 13.6. The summed E-state index contributed by atoms with van der Waals surface area (Å²) in [4.78, 5) is 20.8. The summed E-state index contributed by atoms with van der Waals surface area (Å²) in [5, 5.41) is 1.11. The molecule has 4 aromatic carbocycles. The molecule has 262 valence electrons. The lowest BCUT2D eigenvalue weighted by atomic mass is 10.1. The van der Waals surface area contributed by atoms with E-state index in [1.54, 1.807) is 36.5 Å². The van der Waals surface area contributed by atoms with E-state index in [0.29, 0.717) is 46.4 Å². The topological polar surface area (TPSA) is 64.1 Å². The molecule has 0 unspecified atom stereocenters. The van der Waals surface area contributed by atoms with Gasteiger partial charge in [-0.1, -0.05) is 59.6 Å². The lowest BCUT2D eigenvalue weighted by molar-refractivity contribution is -0.104. The Kier molecular flexibility index (Phi) is 12.2. The van der Waals surface area contributed by atoms with Crippen LogP contribution in [0, 0.1) is 12.7 Å². The summed E-state index contributed by atoms with van der Waals surface area (Å²) in [5.74, 6) is 1.89. The molecule has 0 amide bonds. The number of piperazine rings is 1. The number of rotatable bonds is 14. The number of carbonyl (C=O) groups is 1. The minimum absolute atomic E-state index is 0.274. The van der Waals surface area contributed by atoms with Gasteiger partial charge < -0.3 is 19.1 Å². The van der Waals surface area contributed by atoms with Gasteiger partial charge in [0.25, 0.3) is 0 Å². The second-order valence-corrected chi connectivity index (χ2v) is 13.1. The molecule has 0 atom stereocenters. The van der Waals surface area contributed by atoms with Crippen LogP contribution in [0.4, 0.5) is 4.39 Å². The van der Waals surface area contributed by atoms with Gasteiger partial charge in [-0.2, -0.15) is 0 Å². The van der Waals surface area contributed by atoms with E-state index in [-0.39, 0.29) is 5.82 Å². The molecule has 0 bridgehead atoms. The standard InChI is InChI=1S/C41H38Cl2FN3O4/c1-29-24-33(25-38(43)41(29)51-40-15-14-37(26-45-40)50-28-32-6-8-34(42)9-7-32)39(16-22-48)47-20-18-46(19-21-47)27-31-4-2-30(3-5-31)17-23-49-36-12-10-35(44)11-13-36/h2-16,22,24-26H,17-21,23,27-28H2,1H3/b39-16+. The average Bonchev–Trinajstić information content (AvgIpc) is 3.14. The van der Waals surface area contributed by atoms with Crippen LogP contribution in [0.2, 0.25) is 10.0 Å². The first-order chi connectivity index (χ1) is 24.8. The minimum Gasteiger partial charge on any atom is -0.493 e. The smallest absolute Gasteiger partial charge is 0.219 e. The molecule has 0 spiro atoms. The predicted molar refractivity (Wildman–Crippen MR) is 199 cm³/mol. The molecule has 1 fully saturated rings. The number of pyridine rings is 1. The van der Waals surface area contributed by atoms with Crippen LogP contribution in [0.15, 0.2) is 109 Å². The number of benzene rings is 4. The van der Waals surface area contributed by atoms with Gasteiger partial charge in [0.1, 0.15) is 30.2 Å². The highest BCUT2D eigenvalue weighted by molar-refractivity contribution is 6.32. The molecular formula is C41H38Cl2FN3O4. The number of aromatic nitrogens is 1. The van der Waals surface area contributed by atoms with Gasteiger partial charge in [0.05, 0.1) is 17.8 Å². The van der Waals surface area contributed by atoms with Gasteiger partial charge in [0.15, 0.2) is 5.75 Å². The van der Waals surface area contributed by atoms with Gasteiger partial charge in [-0.05, 0) is 89.3 Å². The van der Waals surface area contributed by atoms with Crippen molar-refractivity contribution in [2.24, 2.45) is 0 Å². The van der Waals surface area contributed by atoms with Crippen LogP contribution in [0.3, 0.4) is 0 Å². The highest BCUT2D eigenvalue weighted by atomic mass is 35.5. The zero-order valence-electron chi connectivity index (χ0n) is 28.2. The number of allylic oxidation sites excluding steroid dienone is 1. The van der Waals surface area contributed by atoms with E-state index in [1.807, 2.05) is 43.3 Å². The maximum atomic E-state index is 13.1. The lowest BCUT2D eigenvalue weighted by Crippen LogP contribution is -2.45. The summed E-state index contributed by atoms with van der Waals surface area (Å²) in [6.07, 6.45) is 4.80. The number of hydrogen-bond donors (Lipinski definition) is 0. The Labute approximate surface area is 307 Å². The van der Waals surface area contributed by atoms with Crippen molar-refractivity contribution in [3.05, 3.63) is 153 Å². The van der Waals surface area contributed by atoms with E-state index < -0.39 is 0 Å². The van der Waals surface area contributed by atoms with Crippen LogP contribution < -0.4 is 14.2 Å². The number of halogens is 3. The van der Waals surface area contributed by atoms with Crippen molar-refractivity contribution in [1.29, 1.82) is 0 Å². The highest BCUT2D eigenvalue weighted by Crippen LogP contribution is 2.36. The molecule has 6 rings (SSSR count). The molecule has 1 saturated heterocycles. The fourth-order valence-electron chi connectivity index (χ4n) is 5.86. The summed E-state index contributed by atoms with van der Waals surface area (Å²) in [7, 11) is 0. The van der Waals surface area contributed by atoms with Crippen LogP contribution in [0.25, 0.3) is 5.70 Å². The van der Waals surface area contributed by atoms with Crippen LogP contribution in [-0.4, -0.2) is 53.9 Å². The Morgan fingerprint density at radius 2 is 1.51 bits per heavy atom. The van der Waals surface area contributed by atoms with Gasteiger partial charge >= 0.3 is 0 Å². The fourth-order valence-corrected chi connectivity index (χ4v) is 6.29. The third kappa shape index (κ3) is 10.1. The molecular weight excluding hydrogens is 688 g/mol. The van der Waals surface area contributed by atoms with Crippen LogP contribution in [0.5, 0.6) is 23.1 Å². The molecule has 2 heterocycles. The Morgan fingerprint density at radius 3 is 2.18 bits per heavy atom. The molecule has 0 N–H and O–H groups in total. The summed E-state index contributed by atoms with van der Waals surface area (Å²) in [6.45, 7) is 6.92. The first kappa shape index (κ1) is 35.9. The number of ether oxygens (including phenoxy) is 3. The van der Waals surface area contributed by atoms with Crippen LogP contribution in [0.1, 0.15) is 27.8 Å². The average molecular weight is 727 g/mol. The highest BCUT2D eigenvalue weighted by Gasteiger charge is 2.22. The SMILES string of the molecule is Cc1cc(/C(=C\C=O)N2CCN(Cc3ccc(CCOc4ccc(F)cc4)cc3)CC2)cc(Cl)c1Oc1ccc(OCc2ccc(Cl)cc2)cn1. The summed E-state index contributed by atoms with van der Waals surface area (Å²) in [6, 6.07) is 29.5. The molecule has 0 aliphatic carbocycles. The molecule has 7 nitrogen and oxygen atoms in total. The number of nitrogens with zero attached hydrogens (tertiary/aromatic N) is 3. The molecule has 51 heavy (non-hydrogen) atoms. The molecule has 1 aromatic heterocycles. The third-order valence-electron chi connectivity index (χ3n) is 8.60. The monoisotopic (exact) mass is 725 g/mol. The van der Waals surface area contributed by atoms with E-state index in [0.717, 1.165) is 67.8 Å². The van der Waals surface area contributed by atoms with Crippen LogP contribution in [-0.2, 0) is 24.4 Å². The first-order valence-electron chi connectivity index (χ1n) is 16.7. The van der Waals surface area contributed by atoms with Crippen LogP contribution >= 0.6 is 23.2 Å². The van der Waals surface area contributed by atoms with E-state index in [2.05, 4.69) is 39.0 Å². The summed E-state index contributed by atoms with van der Waals surface area (Å²) >= 11 is 12.7. The van der Waals surface area contributed by atoms with Gasteiger partial charge in [0.2, 0.25) is 5.88 Å². The fraction of sp³-hybridized carbons (Fsp3) is 0.220. The molecule has 0 saturated carbocycles. The predicted octanol–water partition coefficient (Wildman–Crippen LogP) is 9.19. The largest absolute Gasteiger partial charge is 0.493 e. The maximum Gasteiger partial charge on any atom is 0.219 e. The maximum absolute atomic E-state index is 13.1. The van der Waals surface area contributed by atoms with Crippen molar-refractivity contribution in [2.75, 3.05) is 32.8 Å². The Morgan fingerprint density at radius 1 is 0.824 bits per heavy atom. The van der Waals surface area contributed by atoms with E-state index >= 15 is 0 Å². The van der Waals surface area contributed by atoms with Crippen molar-refractivity contribution in [2.45, 2.75) is 26.5 Å². The zero-order valence-corrected chi connectivity index (χ0v) is 29.7. The van der Waals surface area contributed by atoms with E-state index in [9.17, 15) is 9.18 Å². The van der Waals surface area contributed by atoms with Crippen molar-refractivity contribution in [3.8, 4) is 23.1 Å². The van der Waals surface area contributed by atoms with E-state index in [1.165, 1.54) is 23.3 Å². The Hall–Kier alpha value is -4.89. The summed E-state index contributed by atoms with van der Waals surface area (Å²) < 4.78 is 30.8. The van der Waals surface area contributed by atoms with Gasteiger partial charge in [0, 0.05) is 62.0 Å². The van der Waals surface area contributed by atoms with Gasteiger partial charge in [-0.15, -0.1) is 0 Å². The minimum atomic E-state index is -0.274. The lowest BCUT2D eigenvalue weighted by Gasteiger charge is -2.37. The number of aryl methyl sites for hydroxylation is 1. The number of hydrogen-bond acceptors (Lipinski definition) is 7. The van der Waals surface area contributed by atoms with Gasteiger partial charge in [-0.3, -0.25) is 9.69 Å². The molecule has 0 radical (unpaired) electrons. The Bertz CT molecular complexity index is 1910. The number of carbonyl (C=O) groups excluding carboxylic acids is 1. The molecule has 10 heteroatoms. The Balaban J connectivity index is 1.00. The van der Waals surface area contributed by atoms with Crippen molar-refractivity contribution in [3.63, 3.8) is 0 Å². The summed E-state index contributed by atoms with van der Waals surface area (Å²) in [5.41, 5.74) is 5.92. The number of aldehydes is 1. The second-order valence-electron chi connectivity index (χ2n) is 12.3. The quantitative estimate of drug-likeness (QED) is 0.0836. The van der Waals surface area contributed by atoms with Gasteiger partial charge in [-0.25, -0.2) is 9.37 Å². The zero-order chi connectivity index (χ0) is 35.6. The molecule has 1 aliphatic rings. The van der Waals surface area contributed by atoms with E-state index in [4.69, 9.17) is 37.4 Å². The third-order valence-corrected chi connectivity index (χ3v) is 9.13. The van der Waals surface area contributed by atoms with Crippen molar-refractivity contribution < 1.29 is 23.4 Å². The molecule has 5 aromatic rings. The van der Waals surface area contributed by atoms with Crippen molar-refractivity contribution >= 4 is 35.2 Å².